The molecule has 0 saturated heterocycles. The minimum atomic E-state index is -0.497. The highest BCUT2D eigenvalue weighted by Gasteiger charge is 2.01. The van der Waals surface area contributed by atoms with Crippen LogP contribution in [0.2, 0.25) is 0 Å². The summed E-state index contributed by atoms with van der Waals surface area (Å²) in [4.78, 5) is 22.0. The quantitative estimate of drug-likeness (QED) is 0.613. The molecule has 0 radical (unpaired) electrons. The van der Waals surface area contributed by atoms with Crippen LogP contribution in [0.25, 0.3) is 0 Å². The summed E-state index contributed by atoms with van der Waals surface area (Å²) in [5.41, 5.74) is 6.19. The van der Waals surface area contributed by atoms with E-state index in [1.165, 1.54) is 0 Å². The Morgan fingerprint density at radius 1 is 1.29 bits per heavy atom. The van der Waals surface area contributed by atoms with Crippen molar-refractivity contribution in [2.75, 3.05) is 18.4 Å². The fourth-order valence-electron chi connectivity index (χ4n) is 1.14. The summed E-state index contributed by atoms with van der Waals surface area (Å²) in [6.07, 6.45) is 0. The molecule has 0 bridgehead atoms. The van der Waals surface area contributed by atoms with Crippen molar-refractivity contribution in [3.63, 3.8) is 0 Å². The molecule has 0 aliphatic heterocycles. The van der Waals surface area contributed by atoms with Gasteiger partial charge in [0, 0.05) is 11.3 Å². The summed E-state index contributed by atoms with van der Waals surface area (Å²) in [5.74, 6) is -0.770. The van der Waals surface area contributed by atoms with Gasteiger partial charge in [-0.2, -0.15) is 5.26 Å². The van der Waals surface area contributed by atoms with Gasteiger partial charge >= 0.3 is 0 Å². The molecule has 17 heavy (non-hydrogen) atoms. The third-order valence-corrected chi connectivity index (χ3v) is 1.99. The Balaban J connectivity index is 2.45. The van der Waals surface area contributed by atoms with Crippen molar-refractivity contribution in [1.29, 1.82) is 5.26 Å². The Hall–Kier alpha value is -2.55. The van der Waals surface area contributed by atoms with Crippen molar-refractivity contribution in [2.45, 2.75) is 0 Å². The highest BCUT2D eigenvalue weighted by Crippen LogP contribution is 2.08. The molecular formula is C11H12N4O2. The van der Waals surface area contributed by atoms with E-state index >= 15 is 0 Å². The second-order valence-electron chi connectivity index (χ2n) is 3.23. The van der Waals surface area contributed by atoms with Gasteiger partial charge in [0.15, 0.2) is 0 Å². The lowest BCUT2D eigenvalue weighted by atomic mass is 10.2. The van der Waals surface area contributed by atoms with Crippen molar-refractivity contribution in [3.05, 3.63) is 29.8 Å². The largest absolute Gasteiger partial charge is 0.376 e. The fraction of sp³-hybridized carbons (Fsp3) is 0.182. The van der Waals surface area contributed by atoms with Crippen LogP contribution in [0.3, 0.4) is 0 Å². The van der Waals surface area contributed by atoms with E-state index in [0.717, 1.165) is 0 Å². The van der Waals surface area contributed by atoms with E-state index in [1.807, 2.05) is 0 Å². The Morgan fingerprint density at radius 3 is 2.47 bits per heavy atom. The van der Waals surface area contributed by atoms with Gasteiger partial charge in [0.2, 0.25) is 11.8 Å². The molecule has 0 aromatic heterocycles. The van der Waals surface area contributed by atoms with Crippen LogP contribution in [0, 0.1) is 11.3 Å². The van der Waals surface area contributed by atoms with Gasteiger partial charge in [-0.05, 0) is 24.3 Å². The number of nitriles is 1. The summed E-state index contributed by atoms with van der Waals surface area (Å²) in [5, 5.41) is 13.5. The highest BCUT2D eigenvalue weighted by molar-refractivity contribution is 5.93. The van der Waals surface area contributed by atoms with Gasteiger partial charge in [0.25, 0.3) is 0 Å². The van der Waals surface area contributed by atoms with Gasteiger partial charge in [0.1, 0.15) is 6.54 Å². The molecule has 88 valence electrons. The summed E-state index contributed by atoms with van der Waals surface area (Å²) >= 11 is 0. The number of hydrogen-bond donors (Lipinski definition) is 3. The Bertz CT molecular complexity index is 448. The second-order valence-corrected chi connectivity index (χ2v) is 3.23. The maximum atomic E-state index is 11.2. The third-order valence-electron chi connectivity index (χ3n) is 1.99. The van der Waals surface area contributed by atoms with E-state index in [-0.39, 0.29) is 19.0 Å². The van der Waals surface area contributed by atoms with Gasteiger partial charge in [-0.25, -0.2) is 0 Å². The summed E-state index contributed by atoms with van der Waals surface area (Å²) in [6.45, 7) is 0.0543. The minimum Gasteiger partial charge on any atom is -0.376 e. The van der Waals surface area contributed by atoms with E-state index in [0.29, 0.717) is 11.3 Å². The molecule has 0 aliphatic carbocycles. The van der Waals surface area contributed by atoms with E-state index in [4.69, 9.17) is 11.0 Å². The van der Waals surface area contributed by atoms with Gasteiger partial charge in [0.05, 0.1) is 12.6 Å². The first kappa shape index (κ1) is 12.5. The molecule has 6 nitrogen and oxygen atoms in total. The average molecular weight is 232 g/mol. The lowest BCUT2D eigenvalue weighted by Gasteiger charge is -2.06. The van der Waals surface area contributed by atoms with Gasteiger partial charge in [-0.15, -0.1) is 0 Å². The number of rotatable bonds is 5. The molecule has 0 saturated carbocycles. The molecule has 0 atom stereocenters. The predicted octanol–water partition coefficient (Wildman–Crippen LogP) is -0.163. The number of nitrogens with two attached hydrogens (primary N) is 1. The number of amides is 2. The Morgan fingerprint density at radius 2 is 1.94 bits per heavy atom. The van der Waals surface area contributed by atoms with E-state index < -0.39 is 5.91 Å². The summed E-state index contributed by atoms with van der Waals surface area (Å²) in [6, 6.07) is 8.24. The number of anilines is 1. The maximum Gasteiger partial charge on any atom is 0.248 e. The van der Waals surface area contributed by atoms with Gasteiger partial charge in [-0.3, -0.25) is 9.59 Å². The maximum absolute atomic E-state index is 11.2. The number of carbonyl (C=O) groups is 2. The smallest absolute Gasteiger partial charge is 0.248 e. The molecule has 6 heteroatoms. The molecule has 1 aromatic carbocycles. The van der Waals surface area contributed by atoms with E-state index in [1.54, 1.807) is 30.3 Å². The Labute approximate surface area is 98.4 Å². The molecule has 0 unspecified atom stereocenters. The normalized spacial score (nSPS) is 9.12. The van der Waals surface area contributed by atoms with Crippen LogP contribution in [0.15, 0.2) is 24.3 Å². The number of nitrogens with zero attached hydrogens (tertiary/aromatic N) is 1. The molecule has 2 amide bonds. The van der Waals surface area contributed by atoms with Crippen molar-refractivity contribution in [1.82, 2.24) is 5.32 Å². The molecule has 0 fully saturated rings. The van der Waals surface area contributed by atoms with Crippen LogP contribution >= 0.6 is 0 Å². The first-order chi connectivity index (χ1) is 8.13. The van der Waals surface area contributed by atoms with Gasteiger partial charge < -0.3 is 16.4 Å². The van der Waals surface area contributed by atoms with Crippen LogP contribution < -0.4 is 16.4 Å². The van der Waals surface area contributed by atoms with Crippen molar-refractivity contribution in [2.24, 2.45) is 5.73 Å². The first-order valence-corrected chi connectivity index (χ1v) is 4.91. The molecular weight excluding hydrogens is 220 g/mol. The first-order valence-electron chi connectivity index (χ1n) is 4.91. The lowest BCUT2D eigenvalue weighted by Crippen LogP contribution is -2.29. The van der Waals surface area contributed by atoms with Crippen molar-refractivity contribution >= 4 is 17.5 Å². The van der Waals surface area contributed by atoms with Gasteiger partial charge in [-0.1, -0.05) is 0 Å². The zero-order chi connectivity index (χ0) is 12.7. The fourth-order valence-corrected chi connectivity index (χ4v) is 1.14. The third kappa shape index (κ3) is 4.22. The van der Waals surface area contributed by atoms with E-state index in [9.17, 15) is 9.59 Å². The number of benzene rings is 1. The van der Waals surface area contributed by atoms with Crippen molar-refractivity contribution in [3.8, 4) is 6.07 Å². The number of hydrogen-bond acceptors (Lipinski definition) is 4. The number of carbonyl (C=O) groups excluding carboxylic acids is 2. The molecule has 0 heterocycles. The standard InChI is InChI=1S/C11H12N4O2/c12-5-6-14-10(16)7-15-9-3-1-8(2-4-9)11(13)17/h1-4,15H,6-7H2,(H2,13,17)(H,14,16). The zero-order valence-electron chi connectivity index (χ0n) is 9.06. The van der Waals surface area contributed by atoms with E-state index in [2.05, 4.69) is 10.6 Å². The second kappa shape index (κ2) is 6.12. The van der Waals surface area contributed by atoms with Crippen LogP contribution in [0.1, 0.15) is 10.4 Å². The van der Waals surface area contributed by atoms with Crippen LogP contribution in [0.4, 0.5) is 5.69 Å². The monoisotopic (exact) mass is 232 g/mol. The minimum absolute atomic E-state index is 0.0128. The topological polar surface area (TPSA) is 108 Å². The highest BCUT2D eigenvalue weighted by atomic mass is 16.2. The summed E-state index contributed by atoms with van der Waals surface area (Å²) in [7, 11) is 0. The van der Waals surface area contributed by atoms with Crippen LogP contribution in [-0.4, -0.2) is 24.9 Å². The number of primary amides is 1. The van der Waals surface area contributed by atoms with Crippen LogP contribution in [-0.2, 0) is 4.79 Å². The molecule has 0 aliphatic rings. The average Bonchev–Trinajstić information content (AvgIpc) is 2.34. The molecule has 4 N–H and O–H groups in total. The zero-order valence-corrected chi connectivity index (χ0v) is 9.06. The van der Waals surface area contributed by atoms with Crippen molar-refractivity contribution < 1.29 is 9.59 Å². The number of nitrogens with one attached hydrogen (secondary N) is 2. The van der Waals surface area contributed by atoms with Crippen LogP contribution in [0.5, 0.6) is 0 Å². The molecule has 0 spiro atoms. The predicted molar refractivity (Wildman–Crippen MR) is 62.1 cm³/mol. The SMILES string of the molecule is N#CCNC(=O)CNc1ccc(C(N)=O)cc1. The summed E-state index contributed by atoms with van der Waals surface area (Å²) < 4.78 is 0. The Kier molecular flexibility index (Phi) is 4.51. The molecule has 1 rings (SSSR count). The molecule has 1 aromatic rings. The lowest BCUT2D eigenvalue weighted by molar-refractivity contribution is -0.119.